The highest BCUT2D eigenvalue weighted by atomic mass is 32.2. The van der Waals surface area contributed by atoms with Gasteiger partial charge < -0.3 is 13.6 Å². The summed E-state index contributed by atoms with van der Waals surface area (Å²) in [6.07, 6.45) is 4.53. The van der Waals surface area contributed by atoms with E-state index in [1.165, 1.54) is 0 Å². The molecule has 3 aliphatic carbocycles. The van der Waals surface area contributed by atoms with Crippen LogP contribution in [0.25, 0.3) is 0 Å². The molecular formula is C47H73NO7SSi2. The minimum absolute atomic E-state index is 0.00561. The summed E-state index contributed by atoms with van der Waals surface area (Å²) in [6.45, 7) is 33.5. The first-order chi connectivity index (χ1) is 26.5. The highest BCUT2D eigenvalue weighted by Crippen LogP contribution is 2.68. The number of aryl methyl sites for hydroxylation is 2. The number of hydrogen-bond donors (Lipinski definition) is 0. The number of carbonyl (C=O) groups excluding carboxylic acids is 2. The second-order valence-corrected chi connectivity index (χ2v) is 32.9. The number of rotatable bonds is 13. The number of ketones is 1. The predicted octanol–water partition coefficient (Wildman–Crippen LogP) is 11.2. The Kier molecular flexibility index (Phi) is 13.1. The van der Waals surface area contributed by atoms with Crippen molar-refractivity contribution in [3.63, 3.8) is 0 Å². The molecule has 58 heavy (non-hydrogen) atoms. The average Bonchev–Trinajstić information content (AvgIpc) is 3.41. The van der Waals surface area contributed by atoms with Crippen LogP contribution in [0.5, 0.6) is 0 Å². The molecule has 2 bridgehead atoms. The van der Waals surface area contributed by atoms with Crippen molar-refractivity contribution in [2.24, 2.45) is 28.6 Å². The molecule has 0 aliphatic heterocycles. The minimum Gasteiger partial charge on any atom is -0.459 e. The third-order valence-electron chi connectivity index (χ3n) is 15.3. The van der Waals surface area contributed by atoms with Crippen molar-refractivity contribution in [1.29, 1.82) is 0 Å². The molecule has 5 rings (SSSR count). The van der Waals surface area contributed by atoms with E-state index in [-0.39, 0.29) is 32.1 Å². The van der Waals surface area contributed by atoms with E-state index < -0.39 is 62.0 Å². The number of carbonyl (C=O) groups is 2. The van der Waals surface area contributed by atoms with Gasteiger partial charge in [-0.25, -0.2) is 8.42 Å². The molecule has 0 amide bonds. The van der Waals surface area contributed by atoms with Gasteiger partial charge in [0.25, 0.3) is 10.0 Å². The lowest BCUT2D eigenvalue weighted by Crippen LogP contribution is -2.54. The number of fused-ring (bicyclic) bond motifs is 2. The highest BCUT2D eigenvalue weighted by molar-refractivity contribution is 7.92. The summed E-state index contributed by atoms with van der Waals surface area (Å²) in [5, 5.41) is 0.0112. The summed E-state index contributed by atoms with van der Waals surface area (Å²) in [6, 6.07) is 13.7. The quantitative estimate of drug-likeness (QED) is 0.0856. The third-order valence-corrected chi connectivity index (χ3v) is 26.1. The van der Waals surface area contributed by atoms with E-state index in [0.717, 1.165) is 29.5 Å². The topological polar surface area (TPSA) is 99.2 Å². The number of hydrogen-bond acceptors (Lipinski definition) is 7. The summed E-state index contributed by atoms with van der Waals surface area (Å²) in [5.41, 5.74) is 2.49. The number of benzene rings is 2. The first kappa shape index (κ1) is 46.5. The van der Waals surface area contributed by atoms with E-state index >= 15 is 0 Å². The molecule has 322 valence electrons. The Balaban J connectivity index is 1.57. The molecule has 3 aliphatic rings. The van der Waals surface area contributed by atoms with Crippen LogP contribution in [0.15, 0.2) is 65.1 Å². The second kappa shape index (κ2) is 16.4. The number of sulfonamides is 1. The van der Waals surface area contributed by atoms with Crippen molar-refractivity contribution in [3.05, 3.63) is 71.3 Å². The van der Waals surface area contributed by atoms with Crippen LogP contribution in [0.2, 0.25) is 36.3 Å². The van der Waals surface area contributed by atoms with Gasteiger partial charge in [0.2, 0.25) is 0 Å². The Hall–Kier alpha value is -2.58. The highest BCUT2D eigenvalue weighted by Gasteiger charge is 2.70. The van der Waals surface area contributed by atoms with Gasteiger partial charge in [-0.1, -0.05) is 92.7 Å². The van der Waals surface area contributed by atoms with Crippen LogP contribution in [0.3, 0.4) is 0 Å². The summed E-state index contributed by atoms with van der Waals surface area (Å²) in [4.78, 5) is 29.1. The van der Waals surface area contributed by atoms with E-state index in [1.807, 2.05) is 38.1 Å². The van der Waals surface area contributed by atoms with Crippen molar-refractivity contribution in [3.8, 4) is 0 Å². The van der Waals surface area contributed by atoms with Crippen LogP contribution in [0.4, 0.5) is 5.69 Å². The van der Waals surface area contributed by atoms with E-state index in [9.17, 15) is 18.0 Å². The molecular weight excluding hydrogens is 779 g/mol. The second-order valence-electron chi connectivity index (χ2n) is 21.5. The molecule has 0 N–H and O–H groups in total. The van der Waals surface area contributed by atoms with E-state index in [2.05, 4.69) is 94.6 Å². The first-order valence-corrected chi connectivity index (χ1v) is 28.7. The van der Waals surface area contributed by atoms with Crippen molar-refractivity contribution < 1.29 is 31.6 Å². The van der Waals surface area contributed by atoms with Crippen molar-refractivity contribution >= 4 is 44.1 Å². The van der Waals surface area contributed by atoms with E-state index in [1.54, 1.807) is 28.6 Å². The third kappa shape index (κ3) is 8.90. The zero-order chi connectivity index (χ0) is 43.4. The largest absolute Gasteiger partial charge is 0.459 e. The van der Waals surface area contributed by atoms with Crippen LogP contribution in [-0.4, -0.2) is 62.2 Å². The molecule has 2 aromatic carbocycles. The van der Waals surface area contributed by atoms with Gasteiger partial charge >= 0.3 is 5.97 Å². The maximum atomic E-state index is 15.0. The number of esters is 1. The van der Waals surface area contributed by atoms with E-state index in [4.69, 9.17) is 13.6 Å². The average molecular weight is 852 g/mol. The van der Waals surface area contributed by atoms with Gasteiger partial charge in [-0.3, -0.25) is 13.9 Å². The Bertz CT molecular complexity index is 1930. The lowest BCUT2D eigenvalue weighted by atomic mass is 9.70. The molecule has 0 spiro atoms. The van der Waals surface area contributed by atoms with Gasteiger partial charge in [0.05, 0.1) is 29.8 Å². The SMILES string of the molecule is Cc1cc(C)cc(N([C@H]2[C@H]3CC[C@@](C)([C@H]2OC(=O)[C@@H]2C(=O)CCC[C@H]2C=C(CO[Si](C)(C)C(C)(C)C)CO[Si](C)(C)C(C)(C)C)C3(C)C)S(=O)(=O)c2ccccc2)c1. The van der Waals surface area contributed by atoms with Crippen molar-refractivity contribution in [2.45, 2.75) is 162 Å². The van der Waals surface area contributed by atoms with Gasteiger partial charge in [-0.2, -0.15) is 0 Å². The zero-order valence-electron chi connectivity index (χ0n) is 38.2. The van der Waals surface area contributed by atoms with Gasteiger partial charge in [0.15, 0.2) is 16.6 Å². The van der Waals surface area contributed by atoms with Gasteiger partial charge in [0, 0.05) is 11.8 Å². The monoisotopic (exact) mass is 851 g/mol. The molecule has 3 fully saturated rings. The number of nitrogens with zero attached hydrogens (tertiary/aromatic N) is 1. The van der Waals surface area contributed by atoms with Gasteiger partial charge in [-0.05, 0) is 134 Å². The Morgan fingerprint density at radius 2 is 1.40 bits per heavy atom. The smallest absolute Gasteiger partial charge is 0.317 e. The molecule has 6 atom stereocenters. The molecule has 2 aromatic rings. The Morgan fingerprint density at radius 1 is 0.862 bits per heavy atom. The number of anilines is 1. The van der Waals surface area contributed by atoms with E-state index in [0.29, 0.717) is 38.2 Å². The van der Waals surface area contributed by atoms with Gasteiger partial charge in [-0.15, -0.1) is 0 Å². The predicted molar refractivity (Wildman–Crippen MR) is 241 cm³/mol. The fourth-order valence-corrected chi connectivity index (χ4v) is 12.8. The fourth-order valence-electron chi connectivity index (χ4n) is 9.17. The number of allylic oxidation sites excluding steroid dienone is 1. The summed E-state index contributed by atoms with van der Waals surface area (Å²) >= 11 is 0. The summed E-state index contributed by atoms with van der Waals surface area (Å²) in [7, 11) is -8.40. The summed E-state index contributed by atoms with van der Waals surface area (Å²) in [5.74, 6) is -2.18. The standard InChI is InChI=1S/C47H73NO7SSi2/c1-32-26-33(2)28-36(27-32)48(56(51,52)37-21-17-16-18-22-37)41-38-24-25-47(11,46(38,9)10)42(41)55-43(50)40-35(20-19-23-39(40)49)29-34(30-53-57(12,13)44(3,4)5)31-54-58(14,15)45(6,7)8/h16-18,21-22,26-29,35,38,40-42H,19-20,23-25,30-31H2,1-15H3/t35-,38+,40-,41-,42-,47-/m0/s1. The number of Topliss-reactive ketones (excluding diaryl/α,β-unsaturated/α-hetero) is 1. The Labute approximate surface area is 353 Å². The van der Waals surface area contributed by atoms with Crippen LogP contribution in [0, 0.1) is 42.4 Å². The molecule has 11 heteroatoms. The van der Waals surface area contributed by atoms with Crippen molar-refractivity contribution in [1.82, 2.24) is 0 Å². The minimum atomic E-state index is -4.12. The molecule has 0 saturated heterocycles. The summed E-state index contributed by atoms with van der Waals surface area (Å²) < 4.78 is 51.8. The molecule has 0 aromatic heterocycles. The normalized spacial score (nSPS) is 26.4. The lowest BCUT2D eigenvalue weighted by molar-refractivity contribution is -0.167. The number of ether oxygens (including phenoxy) is 1. The molecule has 0 heterocycles. The van der Waals surface area contributed by atoms with Crippen molar-refractivity contribution in [2.75, 3.05) is 17.5 Å². The Morgan fingerprint density at radius 3 is 1.91 bits per heavy atom. The van der Waals surface area contributed by atoms with Crippen LogP contribution in [0.1, 0.15) is 106 Å². The first-order valence-electron chi connectivity index (χ1n) is 21.4. The molecule has 8 nitrogen and oxygen atoms in total. The fraction of sp³-hybridized carbons (Fsp3) is 0.660. The lowest BCUT2D eigenvalue weighted by Gasteiger charge is -2.43. The molecule has 0 radical (unpaired) electrons. The van der Waals surface area contributed by atoms with Crippen LogP contribution < -0.4 is 4.31 Å². The van der Waals surface area contributed by atoms with Gasteiger partial charge in [0.1, 0.15) is 17.8 Å². The molecule has 3 saturated carbocycles. The van der Waals surface area contributed by atoms with Crippen LogP contribution >= 0.6 is 0 Å². The molecule has 0 unspecified atom stereocenters. The maximum Gasteiger partial charge on any atom is 0.317 e. The zero-order valence-corrected chi connectivity index (χ0v) is 41.1. The van der Waals surface area contributed by atoms with Crippen LogP contribution in [-0.2, 0) is 33.2 Å². The maximum absolute atomic E-state index is 15.0.